The molecule has 28 heavy (non-hydrogen) atoms. The highest BCUT2D eigenvalue weighted by atomic mass is 16.2. The number of hydrogen-bond donors (Lipinski definition) is 1. The zero-order valence-electron chi connectivity index (χ0n) is 16.2. The van der Waals surface area contributed by atoms with Crippen LogP contribution in [0, 0.1) is 0 Å². The summed E-state index contributed by atoms with van der Waals surface area (Å²) >= 11 is 0. The Hall–Kier alpha value is -2.66. The fourth-order valence-electron chi connectivity index (χ4n) is 4.58. The zero-order valence-corrected chi connectivity index (χ0v) is 16.2. The Bertz CT molecular complexity index is 987. The van der Waals surface area contributed by atoms with Gasteiger partial charge in [0.25, 0.3) is 5.91 Å². The molecule has 0 spiro atoms. The monoisotopic (exact) mass is 374 g/mol. The van der Waals surface area contributed by atoms with E-state index in [9.17, 15) is 4.79 Å². The molecule has 0 bridgehead atoms. The van der Waals surface area contributed by atoms with Crippen molar-refractivity contribution in [2.45, 2.75) is 32.2 Å². The average molecular weight is 374 g/mol. The predicted molar refractivity (Wildman–Crippen MR) is 110 cm³/mol. The van der Waals surface area contributed by atoms with Gasteiger partial charge in [0.15, 0.2) is 0 Å². The summed E-state index contributed by atoms with van der Waals surface area (Å²) in [6, 6.07) is 10.3. The lowest BCUT2D eigenvalue weighted by molar-refractivity contribution is 0.0628. The van der Waals surface area contributed by atoms with E-state index in [1.165, 1.54) is 40.6 Å². The van der Waals surface area contributed by atoms with Crippen molar-refractivity contribution >= 4 is 16.8 Å². The maximum absolute atomic E-state index is 13.1. The molecule has 5 heteroatoms. The van der Waals surface area contributed by atoms with Crippen LogP contribution in [0.2, 0.25) is 0 Å². The number of pyridine rings is 1. The smallest absolute Gasteiger partial charge is 0.253 e. The summed E-state index contributed by atoms with van der Waals surface area (Å²) in [7, 11) is 0. The summed E-state index contributed by atoms with van der Waals surface area (Å²) in [6.45, 7) is 4.27. The molecule has 2 aromatic heterocycles. The quantitative estimate of drug-likeness (QED) is 0.764. The molecule has 1 fully saturated rings. The Balaban J connectivity index is 1.28. The minimum Gasteiger partial charge on any atom is -0.358 e. The maximum Gasteiger partial charge on any atom is 0.253 e. The Morgan fingerprint density at radius 3 is 2.75 bits per heavy atom. The molecule has 1 aliphatic carbocycles. The van der Waals surface area contributed by atoms with Gasteiger partial charge in [0.1, 0.15) is 0 Å². The summed E-state index contributed by atoms with van der Waals surface area (Å²) in [5.41, 5.74) is 6.02. The number of carbonyl (C=O) groups is 1. The van der Waals surface area contributed by atoms with E-state index in [4.69, 9.17) is 0 Å². The van der Waals surface area contributed by atoms with Gasteiger partial charge in [0.05, 0.1) is 0 Å². The van der Waals surface area contributed by atoms with Gasteiger partial charge in [0, 0.05) is 67.3 Å². The van der Waals surface area contributed by atoms with Crippen LogP contribution in [0.4, 0.5) is 0 Å². The molecule has 0 unspecified atom stereocenters. The molecule has 5 rings (SSSR count). The number of benzene rings is 1. The molecular weight excluding hydrogens is 348 g/mol. The molecule has 0 radical (unpaired) electrons. The Morgan fingerprint density at radius 1 is 1.07 bits per heavy atom. The minimum atomic E-state index is 0.161. The molecule has 5 nitrogen and oxygen atoms in total. The standard InChI is InChI=1S/C23H26N4O/c28-23(27-12-10-26(11-13-27)16-17-4-3-9-24-15-17)18-7-8-22-20(14-18)19-5-1-2-6-21(19)25-22/h3-4,7-9,14-15,25H,1-2,5-6,10-13,16H2. The van der Waals surface area contributed by atoms with E-state index >= 15 is 0 Å². The highest BCUT2D eigenvalue weighted by Crippen LogP contribution is 2.30. The zero-order chi connectivity index (χ0) is 18.9. The van der Waals surface area contributed by atoms with Crippen molar-refractivity contribution in [3.63, 3.8) is 0 Å². The second-order valence-corrected chi connectivity index (χ2v) is 7.98. The van der Waals surface area contributed by atoms with E-state index in [0.29, 0.717) is 0 Å². The van der Waals surface area contributed by atoms with Crippen LogP contribution in [-0.2, 0) is 19.4 Å². The van der Waals surface area contributed by atoms with Gasteiger partial charge in [-0.3, -0.25) is 14.7 Å². The number of rotatable bonds is 3. The van der Waals surface area contributed by atoms with Crippen LogP contribution in [0.25, 0.3) is 10.9 Å². The lowest BCUT2D eigenvalue weighted by Gasteiger charge is -2.34. The number of aromatic amines is 1. The molecule has 144 valence electrons. The molecule has 3 aromatic rings. The molecule has 1 amide bonds. The summed E-state index contributed by atoms with van der Waals surface area (Å²) < 4.78 is 0. The first-order valence-electron chi connectivity index (χ1n) is 10.3. The number of nitrogens with one attached hydrogen (secondary N) is 1. The van der Waals surface area contributed by atoms with E-state index in [-0.39, 0.29) is 5.91 Å². The van der Waals surface area contributed by atoms with Gasteiger partial charge in [-0.25, -0.2) is 0 Å². The van der Waals surface area contributed by atoms with Crippen molar-refractivity contribution in [1.82, 2.24) is 19.8 Å². The first-order valence-corrected chi connectivity index (χ1v) is 10.3. The molecule has 1 saturated heterocycles. The topological polar surface area (TPSA) is 52.2 Å². The molecule has 3 heterocycles. The SMILES string of the molecule is O=C(c1ccc2[nH]c3c(c2c1)CCCC3)N1CCN(Cc2cccnc2)CC1. The van der Waals surface area contributed by atoms with Crippen LogP contribution in [0.15, 0.2) is 42.7 Å². The van der Waals surface area contributed by atoms with Crippen LogP contribution in [-0.4, -0.2) is 51.9 Å². The summed E-state index contributed by atoms with van der Waals surface area (Å²) in [5, 5.41) is 1.25. The minimum absolute atomic E-state index is 0.161. The van der Waals surface area contributed by atoms with Crippen molar-refractivity contribution in [2.75, 3.05) is 26.2 Å². The summed E-state index contributed by atoms with van der Waals surface area (Å²) in [5.74, 6) is 0.161. The number of nitrogens with zero attached hydrogens (tertiary/aromatic N) is 3. The molecule has 0 atom stereocenters. The van der Waals surface area contributed by atoms with Crippen LogP contribution >= 0.6 is 0 Å². The van der Waals surface area contributed by atoms with E-state index in [1.807, 2.05) is 23.2 Å². The second kappa shape index (κ2) is 7.40. The Kier molecular flexibility index (Phi) is 4.61. The van der Waals surface area contributed by atoms with Gasteiger partial charge >= 0.3 is 0 Å². The molecule has 1 N–H and O–H groups in total. The Labute approximate surface area is 165 Å². The van der Waals surface area contributed by atoms with Crippen molar-refractivity contribution in [3.8, 4) is 0 Å². The van der Waals surface area contributed by atoms with E-state index < -0.39 is 0 Å². The number of aryl methyl sites for hydroxylation is 2. The van der Waals surface area contributed by atoms with Crippen LogP contribution in [0.5, 0.6) is 0 Å². The third kappa shape index (κ3) is 3.31. The van der Waals surface area contributed by atoms with Gasteiger partial charge in [-0.1, -0.05) is 6.07 Å². The van der Waals surface area contributed by atoms with Crippen LogP contribution in [0.1, 0.15) is 40.0 Å². The van der Waals surface area contributed by atoms with Gasteiger partial charge in [0.2, 0.25) is 0 Å². The predicted octanol–water partition coefficient (Wildman–Crippen LogP) is 3.40. The highest BCUT2D eigenvalue weighted by Gasteiger charge is 2.23. The van der Waals surface area contributed by atoms with Gasteiger partial charge in [-0.2, -0.15) is 0 Å². The van der Waals surface area contributed by atoms with Crippen LogP contribution in [0.3, 0.4) is 0 Å². The van der Waals surface area contributed by atoms with Crippen molar-refractivity contribution in [3.05, 3.63) is 65.1 Å². The molecular formula is C23H26N4O. The van der Waals surface area contributed by atoms with Gasteiger partial charge in [-0.15, -0.1) is 0 Å². The van der Waals surface area contributed by atoms with Crippen molar-refractivity contribution < 1.29 is 4.79 Å². The first-order chi connectivity index (χ1) is 13.8. The maximum atomic E-state index is 13.1. The fraction of sp³-hybridized carbons (Fsp3) is 0.391. The number of piperazine rings is 1. The number of carbonyl (C=O) groups excluding carboxylic acids is 1. The first kappa shape index (κ1) is 17.4. The second-order valence-electron chi connectivity index (χ2n) is 7.98. The number of fused-ring (bicyclic) bond motifs is 3. The number of hydrogen-bond acceptors (Lipinski definition) is 3. The summed E-state index contributed by atoms with van der Waals surface area (Å²) in [6.07, 6.45) is 8.49. The van der Waals surface area contributed by atoms with Gasteiger partial charge in [-0.05, 0) is 61.1 Å². The largest absolute Gasteiger partial charge is 0.358 e. The number of aromatic nitrogens is 2. The molecule has 2 aliphatic rings. The highest BCUT2D eigenvalue weighted by molar-refractivity contribution is 5.99. The summed E-state index contributed by atoms with van der Waals surface area (Å²) in [4.78, 5) is 25.2. The van der Waals surface area contributed by atoms with Crippen molar-refractivity contribution in [2.24, 2.45) is 0 Å². The third-order valence-electron chi connectivity index (χ3n) is 6.13. The van der Waals surface area contributed by atoms with Crippen LogP contribution < -0.4 is 0 Å². The number of H-pyrrole nitrogens is 1. The Morgan fingerprint density at radius 2 is 1.93 bits per heavy atom. The number of amides is 1. The van der Waals surface area contributed by atoms with E-state index in [2.05, 4.69) is 33.1 Å². The van der Waals surface area contributed by atoms with Crippen molar-refractivity contribution in [1.29, 1.82) is 0 Å². The van der Waals surface area contributed by atoms with Gasteiger partial charge < -0.3 is 9.88 Å². The lowest BCUT2D eigenvalue weighted by atomic mass is 9.95. The molecule has 1 aliphatic heterocycles. The average Bonchev–Trinajstić information content (AvgIpc) is 3.12. The third-order valence-corrected chi connectivity index (χ3v) is 6.13. The molecule has 0 saturated carbocycles. The molecule has 1 aromatic carbocycles. The fourth-order valence-corrected chi connectivity index (χ4v) is 4.58. The normalized spacial score (nSPS) is 17.6. The van der Waals surface area contributed by atoms with E-state index in [0.717, 1.165) is 51.1 Å². The van der Waals surface area contributed by atoms with E-state index in [1.54, 1.807) is 6.20 Å². The lowest BCUT2D eigenvalue weighted by Crippen LogP contribution is -2.48.